The number of hydrogen-bond acceptors (Lipinski definition) is 3. The first-order valence-electron chi connectivity index (χ1n) is 4.45. The maximum absolute atomic E-state index is 5.53. The van der Waals surface area contributed by atoms with E-state index in [1.807, 2.05) is 6.07 Å². The fraction of sp³-hybridized carbons (Fsp3) is 0.400. The third-order valence-electron chi connectivity index (χ3n) is 1.82. The van der Waals surface area contributed by atoms with Crippen molar-refractivity contribution in [2.45, 2.75) is 20.3 Å². The quantitative estimate of drug-likeness (QED) is 0.705. The summed E-state index contributed by atoms with van der Waals surface area (Å²) in [5, 5.41) is 0. The van der Waals surface area contributed by atoms with E-state index < -0.39 is 0 Å². The molecule has 0 saturated carbocycles. The van der Waals surface area contributed by atoms with Crippen LogP contribution in [0.15, 0.2) is 22.9 Å². The zero-order valence-electron chi connectivity index (χ0n) is 7.82. The minimum Gasteiger partial charge on any atom is -0.441 e. The summed E-state index contributed by atoms with van der Waals surface area (Å²) in [5.74, 6) is 1.37. The monoisotopic (exact) mass is 176 g/mol. The van der Waals surface area contributed by atoms with Gasteiger partial charge in [-0.05, 0) is 5.92 Å². The second-order valence-corrected chi connectivity index (χ2v) is 3.55. The average molecular weight is 176 g/mol. The van der Waals surface area contributed by atoms with Gasteiger partial charge in [0.2, 0.25) is 0 Å². The molecular weight excluding hydrogens is 164 g/mol. The minimum atomic E-state index is 0.570. The van der Waals surface area contributed by atoms with Crippen molar-refractivity contribution in [2.24, 2.45) is 5.92 Å². The lowest BCUT2D eigenvalue weighted by molar-refractivity contribution is 0.482. The first-order chi connectivity index (χ1) is 6.25. The summed E-state index contributed by atoms with van der Waals surface area (Å²) >= 11 is 0. The van der Waals surface area contributed by atoms with Gasteiger partial charge in [-0.25, -0.2) is 4.98 Å². The molecule has 13 heavy (non-hydrogen) atoms. The third kappa shape index (κ3) is 1.69. The third-order valence-corrected chi connectivity index (χ3v) is 1.82. The summed E-state index contributed by atoms with van der Waals surface area (Å²) in [7, 11) is 0. The zero-order chi connectivity index (χ0) is 9.26. The van der Waals surface area contributed by atoms with Gasteiger partial charge in [-0.2, -0.15) is 0 Å². The molecule has 0 aromatic carbocycles. The molecule has 68 valence electrons. The molecule has 0 fully saturated rings. The summed E-state index contributed by atoms with van der Waals surface area (Å²) in [4.78, 5) is 8.31. The molecule has 0 radical (unpaired) electrons. The molecule has 0 amide bonds. The van der Waals surface area contributed by atoms with Crippen molar-refractivity contribution in [3.8, 4) is 0 Å². The smallest absolute Gasteiger partial charge is 0.195 e. The summed E-state index contributed by atoms with van der Waals surface area (Å²) in [6.45, 7) is 4.29. The van der Waals surface area contributed by atoms with Crippen LogP contribution >= 0.6 is 0 Å². The standard InChI is InChI=1S/C10H12N2O/c1-7(2)5-10-12-8-6-11-4-3-9(8)13-10/h3-4,6-7H,5H2,1-2H3. The van der Waals surface area contributed by atoms with E-state index in [9.17, 15) is 0 Å². The van der Waals surface area contributed by atoms with E-state index in [4.69, 9.17) is 4.42 Å². The highest BCUT2D eigenvalue weighted by molar-refractivity contribution is 5.70. The van der Waals surface area contributed by atoms with Gasteiger partial charge in [-0.1, -0.05) is 13.8 Å². The Balaban J connectivity index is 2.38. The molecule has 2 aromatic heterocycles. The molecule has 0 spiro atoms. The molecule has 2 rings (SSSR count). The number of nitrogens with zero attached hydrogens (tertiary/aromatic N) is 2. The van der Waals surface area contributed by atoms with E-state index in [1.165, 1.54) is 0 Å². The van der Waals surface area contributed by atoms with Crippen LogP contribution in [0.4, 0.5) is 0 Å². The molecule has 0 saturated heterocycles. The Bertz CT molecular complexity index is 373. The van der Waals surface area contributed by atoms with Crippen LogP contribution in [0.1, 0.15) is 19.7 Å². The second-order valence-electron chi connectivity index (χ2n) is 3.55. The van der Waals surface area contributed by atoms with Crippen LogP contribution in [-0.2, 0) is 6.42 Å². The Morgan fingerprint density at radius 2 is 2.31 bits per heavy atom. The van der Waals surface area contributed by atoms with E-state index >= 15 is 0 Å². The van der Waals surface area contributed by atoms with Gasteiger partial charge in [-0.3, -0.25) is 4.98 Å². The minimum absolute atomic E-state index is 0.570. The molecule has 0 aliphatic heterocycles. The normalized spacial score (nSPS) is 11.3. The molecule has 0 unspecified atom stereocenters. The van der Waals surface area contributed by atoms with Gasteiger partial charge in [-0.15, -0.1) is 0 Å². The molecule has 3 heteroatoms. The Hall–Kier alpha value is -1.38. The lowest BCUT2D eigenvalue weighted by Crippen LogP contribution is -1.93. The number of pyridine rings is 1. The van der Waals surface area contributed by atoms with E-state index in [2.05, 4.69) is 23.8 Å². The number of hydrogen-bond donors (Lipinski definition) is 0. The van der Waals surface area contributed by atoms with Crippen LogP contribution in [0.2, 0.25) is 0 Å². The fourth-order valence-corrected chi connectivity index (χ4v) is 1.26. The average Bonchev–Trinajstić information content (AvgIpc) is 2.44. The summed E-state index contributed by atoms with van der Waals surface area (Å²) < 4.78 is 5.53. The van der Waals surface area contributed by atoms with Gasteiger partial charge in [0.1, 0.15) is 5.52 Å². The predicted molar refractivity (Wildman–Crippen MR) is 50.3 cm³/mol. The molecule has 0 aliphatic rings. The Kier molecular flexibility index (Phi) is 2.00. The lowest BCUT2D eigenvalue weighted by atomic mass is 10.1. The molecule has 0 aliphatic carbocycles. The highest BCUT2D eigenvalue weighted by Gasteiger charge is 2.06. The first-order valence-corrected chi connectivity index (χ1v) is 4.45. The molecule has 3 nitrogen and oxygen atoms in total. The van der Waals surface area contributed by atoms with E-state index in [-0.39, 0.29) is 0 Å². The van der Waals surface area contributed by atoms with Gasteiger partial charge in [0, 0.05) is 18.7 Å². The maximum Gasteiger partial charge on any atom is 0.195 e. The van der Waals surface area contributed by atoms with Crippen molar-refractivity contribution in [3.05, 3.63) is 24.4 Å². The Morgan fingerprint density at radius 1 is 1.46 bits per heavy atom. The van der Waals surface area contributed by atoms with Crippen molar-refractivity contribution < 1.29 is 4.42 Å². The summed E-state index contributed by atoms with van der Waals surface area (Å²) in [6, 6.07) is 1.84. The van der Waals surface area contributed by atoms with Crippen molar-refractivity contribution in [1.82, 2.24) is 9.97 Å². The van der Waals surface area contributed by atoms with E-state index in [1.54, 1.807) is 12.4 Å². The highest BCUT2D eigenvalue weighted by Crippen LogP contribution is 2.15. The number of oxazole rings is 1. The Morgan fingerprint density at radius 3 is 3.00 bits per heavy atom. The van der Waals surface area contributed by atoms with Gasteiger partial charge in [0.05, 0.1) is 6.20 Å². The Labute approximate surface area is 76.8 Å². The van der Waals surface area contributed by atoms with Crippen LogP contribution in [0.25, 0.3) is 11.1 Å². The second kappa shape index (κ2) is 3.17. The summed E-state index contributed by atoms with van der Waals surface area (Å²) in [6.07, 6.45) is 4.32. The van der Waals surface area contributed by atoms with Crippen molar-refractivity contribution in [1.29, 1.82) is 0 Å². The molecule has 2 aromatic rings. The van der Waals surface area contributed by atoms with Crippen LogP contribution < -0.4 is 0 Å². The lowest BCUT2D eigenvalue weighted by Gasteiger charge is -1.96. The van der Waals surface area contributed by atoms with Crippen molar-refractivity contribution in [2.75, 3.05) is 0 Å². The van der Waals surface area contributed by atoms with Crippen LogP contribution in [0, 0.1) is 5.92 Å². The predicted octanol–water partition coefficient (Wildman–Crippen LogP) is 2.42. The van der Waals surface area contributed by atoms with E-state index in [0.717, 1.165) is 23.4 Å². The topological polar surface area (TPSA) is 38.9 Å². The first kappa shape index (κ1) is 8.23. The molecule has 0 bridgehead atoms. The SMILES string of the molecule is CC(C)Cc1nc2cnccc2o1. The van der Waals surface area contributed by atoms with Gasteiger partial charge in [0.25, 0.3) is 0 Å². The van der Waals surface area contributed by atoms with Crippen LogP contribution in [0.3, 0.4) is 0 Å². The largest absolute Gasteiger partial charge is 0.441 e. The van der Waals surface area contributed by atoms with Crippen molar-refractivity contribution in [3.63, 3.8) is 0 Å². The van der Waals surface area contributed by atoms with Gasteiger partial charge in [0.15, 0.2) is 11.5 Å². The molecular formula is C10H12N2O. The number of rotatable bonds is 2. The highest BCUT2D eigenvalue weighted by atomic mass is 16.3. The number of aromatic nitrogens is 2. The van der Waals surface area contributed by atoms with Crippen molar-refractivity contribution >= 4 is 11.1 Å². The van der Waals surface area contributed by atoms with Gasteiger partial charge >= 0.3 is 0 Å². The van der Waals surface area contributed by atoms with E-state index in [0.29, 0.717) is 5.92 Å². The van der Waals surface area contributed by atoms with Crippen LogP contribution in [0.5, 0.6) is 0 Å². The molecule has 0 N–H and O–H groups in total. The summed E-state index contributed by atoms with van der Waals surface area (Å²) in [5.41, 5.74) is 1.67. The maximum atomic E-state index is 5.53. The fourth-order valence-electron chi connectivity index (χ4n) is 1.26. The molecule has 0 atom stereocenters. The zero-order valence-corrected chi connectivity index (χ0v) is 7.82. The van der Waals surface area contributed by atoms with Gasteiger partial charge < -0.3 is 4.42 Å². The van der Waals surface area contributed by atoms with Crippen LogP contribution in [-0.4, -0.2) is 9.97 Å². The molecule has 2 heterocycles. The number of fused-ring (bicyclic) bond motifs is 1.